The summed E-state index contributed by atoms with van der Waals surface area (Å²) in [4.78, 5) is 0. The van der Waals surface area contributed by atoms with Crippen LogP contribution in [-0.2, 0) is 0 Å². The first-order valence-corrected chi connectivity index (χ1v) is 8.76. The average molecular weight is 252 g/mol. The van der Waals surface area contributed by atoms with Gasteiger partial charge in [0.25, 0.3) is 0 Å². The monoisotopic (exact) mass is 252 g/mol. The number of hydrogen-bond donors (Lipinski definition) is 0. The fraction of sp³-hybridized carbons (Fsp3) is 1.00. The molecule has 0 amide bonds. The lowest BCUT2D eigenvalue weighted by molar-refractivity contribution is 0.102. The molecule has 0 aromatic heterocycles. The molecule has 1 aliphatic carbocycles. The molecule has 1 atom stereocenters. The fourth-order valence-electron chi connectivity index (χ4n) is 4.00. The Labute approximate surface area is 116 Å². The van der Waals surface area contributed by atoms with Gasteiger partial charge in [-0.2, -0.15) is 0 Å². The Hall–Kier alpha value is 0. The molecule has 1 aliphatic rings. The zero-order chi connectivity index (χ0) is 13.3. The Bertz CT molecular complexity index is 186. The average Bonchev–Trinajstić information content (AvgIpc) is 2.41. The van der Waals surface area contributed by atoms with Crippen molar-refractivity contribution in [3.8, 4) is 0 Å². The van der Waals surface area contributed by atoms with Gasteiger partial charge in [-0.3, -0.25) is 0 Å². The summed E-state index contributed by atoms with van der Waals surface area (Å²) in [6, 6.07) is 0. The Balaban J connectivity index is 2.51. The molecule has 0 N–H and O–H groups in total. The van der Waals surface area contributed by atoms with E-state index in [2.05, 4.69) is 20.8 Å². The van der Waals surface area contributed by atoms with Crippen LogP contribution in [0, 0.1) is 11.3 Å². The summed E-state index contributed by atoms with van der Waals surface area (Å²) in [5, 5.41) is 0. The first-order chi connectivity index (χ1) is 8.76. The van der Waals surface area contributed by atoms with Gasteiger partial charge in [-0.15, -0.1) is 0 Å². The van der Waals surface area contributed by atoms with E-state index in [1.54, 1.807) is 6.42 Å². The molecule has 0 heteroatoms. The van der Waals surface area contributed by atoms with Gasteiger partial charge in [-0.05, 0) is 37.0 Å². The van der Waals surface area contributed by atoms with Crippen LogP contribution in [0.3, 0.4) is 0 Å². The molecule has 0 radical (unpaired) electrons. The molecule has 18 heavy (non-hydrogen) atoms. The molecule has 0 saturated heterocycles. The van der Waals surface area contributed by atoms with Crippen LogP contribution in [0.25, 0.3) is 0 Å². The number of rotatable bonds is 9. The Morgan fingerprint density at radius 3 is 2.06 bits per heavy atom. The summed E-state index contributed by atoms with van der Waals surface area (Å²) in [6.07, 6.45) is 19.2. The second-order valence-corrected chi connectivity index (χ2v) is 6.81. The van der Waals surface area contributed by atoms with Crippen LogP contribution < -0.4 is 0 Å². The van der Waals surface area contributed by atoms with Crippen LogP contribution in [0.4, 0.5) is 0 Å². The van der Waals surface area contributed by atoms with Crippen LogP contribution in [-0.4, -0.2) is 0 Å². The molecule has 0 spiro atoms. The van der Waals surface area contributed by atoms with Crippen LogP contribution in [0.2, 0.25) is 0 Å². The van der Waals surface area contributed by atoms with Gasteiger partial charge in [-0.25, -0.2) is 0 Å². The van der Waals surface area contributed by atoms with E-state index in [9.17, 15) is 0 Å². The fourth-order valence-corrected chi connectivity index (χ4v) is 4.00. The SMILES string of the molecule is CCCCC1CCCC(CCCC)(CCCC)C1. The minimum atomic E-state index is 0.753. The summed E-state index contributed by atoms with van der Waals surface area (Å²) >= 11 is 0. The van der Waals surface area contributed by atoms with Gasteiger partial charge in [0.15, 0.2) is 0 Å². The lowest BCUT2D eigenvalue weighted by Gasteiger charge is -2.42. The van der Waals surface area contributed by atoms with E-state index in [1.807, 2.05) is 0 Å². The molecule has 0 aliphatic heterocycles. The summed E-state index contributed by atoms with van der Waals surface area (Å²) in [5.41, 5.74) is 0.753. The quantitative estimate of drug-likeness (QED) is 0.426. The Morgan fingerprint density at radius 2 is 1.50 bits per heavy atom. The Morgan fingerprint density at radius 1 is 0.889 bits per heavy atom. The predicted octanol–water partition coefficient (Wildman–Crippen LogP) is 6.73. The number of unbranched alkanes of at least 4 members (excludes halogenated alkanes) is 3. The van der Waals surface area contributed by atoms with Gasteiger partial charge >= 0.3 is 0 Å². The maximum Gasteiger partial charge on any atom is -0.0295 e. The topological polar surface area (TPSA) is 0 Å². The lowest BCUT2D eigenvalue weighted by Crippen LogP contribution is -2.29. The molecular formula is C18H36. The molecule has 108 valence electrons. The molecular weight excluding hydrogens is 216 g/mol. The summed E-state index contributed by atoms with van der Waals surface area (Å²) in [5.74, 6) is 1.06. The van der Waals surface area contributed by atoms with E-state index in [1.165, 1.54) is 77.0 Å². The van der Waals surface area contributed by atoms with Gasteiger partial charge in [0.2, 0.25) is 0 Å². The van der Waals surface area contributed by atoms with Crippen molar-refractivity contribution in [3.05, 3.63) is 0 Å². The van der Waals surface area contributed by atoms with Crippen molar-refractivity contribution in [3.63, 3.8) is 0 Å². The largest absolute Gasteiger partial charge is 0.0654 e. The minimum absolute atomic E-state index is 0.753. The highest BCUT2D eigenvalue weighted by Crippen LogP contribution is 2.47. The molecule has 0 aromatic rings. The third-order valence-corrected chi connectivity index (χ3v) is 5.13. The normalized spacial score (nSPS) is 23.2. The van der Waals surface area contributed by atoms with Gasteiger partial charge < -0.3 is 0 Å². The first kappa shape index (κ1) is 16.1. The standard InChI is InChI=1S/C18H36/c1-4-7-11-17-12-10-15-18(16-17,13-8-5-2)14-9-6-3/h17H,4-16H2,1-3H3. The summed E-state index contributed by atoms with van der Waals surface area (Å²) in [7, 11) is 0. The second kappa shape index (κ2) is 8.99. The predicted molar refractivity (Wildman–Crippen MR) is 83.0 cm³/mol. The van der Waals surface area contributed by atoms with Crippen LogP contribution in [0.1, 0.15) is 104 Å². The highest BCUT2D eigenvalue weighted by molar-refractivity contribution is 4.86. The van der Waals surface area contributed by atoms with Crippen molar-refractivity contribution >= 4 is 0 Å². The van der Waals surface area contributed by atoms with E-state index in [-0.39, 0.29) is 0 Å². The smallest absolute Gasteiger partial charge is 0.0295 e. The van der Waals surface area contributed by atoms with Crippen molar-refractivity contribution in [1.82, 2.24) is 0 Å². The molecule has 0 heterocycles. The molecule has 1 rings (SSSR count). The summed E-state index contributed by atoms with van der Waals surface area (Å²) < 4.78 is 0. The van der Waals surface area contributed by atoms with Crippen molar-refractivity contribution < 1.29 is 0 Å². The van der Waals surface area contributed by atoms with E-state index in [0.717, 1.165) is 11.3 Å². The van der Waals surface area contributed by atoms with E-state index < -0.39 is 0 Å². The van der Waals surface area contributed by atoms with Gasteiger partial charge in [0.1, 0.15) is 0 Å². The highest BCUT2D eigenvalue weighted by atomic mass is 14.4. The van der Waals surface area contributed by atoms with E-state index in [4.69, 9.17) is 0 Å². The minimum Gasteiger partial charge on any atom is -0.0654 e. The maximum absolute atomic E-state index is 2.35. The van der Waals surface area contributed by atoms with E-state index in [0.29, 0.717) is 0 Å². The molecule has 0 bridgehead atoms. The van der Waals surface area contributed by atoms with Crippen molar-refractivity contribution in [2.24, 2.45) is 11.3 Å². The van der Waals surface area contributed by atoms with Gasteiger partial charge in [0.05, 0.1) is 0 Å². The molecule has 1 fully saturated rings. The first-order valence-electron chi connectivity index (χ1n) is 8.76. The van der Waals surface area contributed by atoms with Crippen molar-refractivity contribution in [2.45, 2.75) is 104 Å². The number of hydrogen-bond acceptors (Lipinski definition) is 0. The van der Waals surface area contributed by atoms with E-state index >= 15 is 0 Å². The highest BCUT2D eigenvalue weighted by Gasteiger charge is 2.34. The van der Waals surface area contributed by atoms with Crippen LogP contribution >= 0.6 is 0 Å². The van der Waals surface area contributed by atoms with Gasteiger partial charge in [-0.1, -0.05) is 78.6 Å². The second-order valence-electron chi connectivity index (χ2n) is 6.81. The third-order valence-electron chi connectivity index (χ3n) is 5.13. The third kappa shape index (κ3) is 5.33. The maximum atomic E-state index is 2.35. The molecule has 0 aromatic carbocycles. The summed E-state index contributed by atoms with van der Waals surface area (Å²) in [6.45, 7) is 7.04. The van der Waals surface area contributed by atoms with Gasteiger partial charge in [0, 0.05) is 0 Å². The lowest BCUT2D eigenvalue weighted by atomic mass is 9.64. The zero-order valence-corrected chi connectivity index (χ0v) is 13.3. The van der Waals surface area contributed by atoms with Crippen LogP contribution in [0.15, 0.2) is 0 Å². The Kier molecular flexibility index (Phi) is 8.02. The van der Waals surface area contributed by atoms with Crippen LogP contribution in [0.5, 0.6) is 0 Å². The van der Waals surface area contributed by atoms with Crippen molar-refractivity contribution in [2.75, 3.05) is 0 Å². The zero-order valence-electron chi connectivity index (χ0n) is 13.3. The molecule has 1 saturated carbocycles. The van der Waals surface area contributed by atoms with Crippen molar-refractivity contribution in [1.29, 1.82) is 0 Å². The molecule has 1 unspecified atom stereocenters. The molecule has 0 nitrogen and oxygen atoms in total.